The number of piperazine rings is 1. The molecule has 7 nitrogen and oxygen atoms in total. The van der Waals surface area contributed by atoms with Gasteiger partial charge in [-0.15, -0.1) is 11.3 Å². The van der Waals surface area contributed by atoms with Crippen LogP contribution in [0.25, 0.3) is 0 Å². The summed E-state index contributed by atoms with van der Waals surface area (Å²) in [5, 5.41) is 9.53. The minimum absolute atomic E-state index is 0.0238. The van der Waals surface area contributed by atoms with E-state index in [4.69, 9.17) is 0 Å². The zero-order chi connectivity index (χ0) is 17.2. The van der Waals surface area contributed by atoms with E-state index in [-0.39, 0.29) is 18.4 Å². The van der Waals surface area contributed by atoms with Gasteiger partial charge < -0.3 is 15.1 Å². The predicted octanol–water partition coefficient (Wildman–Crippen LogP) is 1.04. The minimum atomic E-state index is -0.134. The third kappa shape index (κ3) is 3.39. The Kier molecular flexibility index (Phi) is 4.44. The van der Waals surface area contributed by atoms with Gasteiger partial charge in [-0.3, -0.25) is 14.7 Å². The summed E-state index contributed by atoms with van der Waals surface area (Å²) in [7, 11) is 0. The average molecular weight is 359 g/mol. The lowest BCUT2D eigenvalue weighted by Gasteiger charge is -2.35. The fourth-order valence-electron chi connectivity index (χ4n) is 3.43. The van der Waals surface area contributed by atoms with Crippen molar-refractivity contribution in [3.8, 4) is 0 Å². The number of aryl methyl sites for hydroxylation is 2. The molecular formula is C17H21N5O2S. The van der Waals surface area contributed by atoms with E-state index >= 15 is 0 Å². The molecule has 132 valence electrons. The van der Waals surface area contributed by atoms with Crippen molar-refractivity contribution in [1.29, 1.82) is 0 Å². The molecule has 2 amide bonds. The van der Waals surface area contributed by atoms with Gasteiger partial charge in [0.05, 0.1) is 23.3 Å². The van der Waals surface area contributed by atoms with E-state index in [1.807, 2.05) is 17.2 Å². The Morgan fingerprint density at radius 1 is 1.24 bits per heavy atom. The second-order valence-corrected chi connectivity index (χ2v) is 7.56. The highest BCUT2D eigenvalue weighted by molar-refractivity contribution is 7.14. The first-order valence-electron chi connectivity index (χ1n) is 8.62. The van der Waals surface area contributed by atoms with Gasteiger partial charge in [0.2, 0.25) is 5.91 Å². The molecule has 8 heteroatoms. The number of carbonyl (C=O) groups is 2. The van der Waals surface area contributed by atoms with E-state index in [9.17, 15) is 9.59 Å². The van der Waals surface area contributed by atoms with Gasteiger partial charge in [0.15, 0.2) is 0 Å². The molecule has 1 aliphatic heterocycles. The number of carbonyl (C=O) groups excluding carboxylic acids is 2. The Morgan fingerprint density at radius 2 is 2.08 bits per heavy atom. The smallest absolute Gasteiger partial charge is 0.261 e. The number of aromatic nitrogens is 2. The molecule has 0 bridgehead atoms. The number of nitrogens with zero attached hydrogens (tertiary/aromatic N) is 3. The Balaban J connectivity index is 1.25. The van der Waals surface area contributed by atoms with Crippen LogP contribution < -0.4 is 10.2 Å². The van der Waals surface area contributed by atoms with Gasteiger partial charge in [-0.05, 0) is 30.9 Å². The van der Waals surface area contributed by atoms with Crippen molar-refractivity contribution in [2.24, 2.45) is 0 Å². The largest absolute Gasteiger partial charge is 0.365 e. The first-order valence-corrected chi connectivity index (χ1v) is 9.43. The number of hydrogen-bond donors (Lipinski definition) is 2. The molecule has 0 radical (unpaired) electrons. The Bertz CT molecular complexity index is 741. The van der Waals surface area contributed by atoms with Crippen LogP contribution in [-0.2, 0) is 17.6 Å². The second kappa shape index (κ2) is 6.87. The van der Waals surface area contributed by atoms with Gasteiger partial charge >= 0.3 is 0 Å². The van der Waals surface area contributed by atoms with E-state index in [1.54, 1.807) is 17.5 Å². The maximum absolute atomic E-state index is 12.3. The molecule has 25 heavy (non-hydrogen) atoms. The van der Waals surface area contributed by atoms with Crippen LogP contribution in [0.15, 0.2) is 18.5 Å². The number of aromatic amines is 1. The van der Waals surface area contributed by atoms with Crippen LogP contribution in [0.5, 0.6) is 0 Å². The molecule has 3 heterocycles. The fraction of sp³-hybridized carbons (Fsp3) is 0.471. The Labute approximate surface area is 150 Å². The molecule has 4 rings (SSSR count). The molecule has 0 spiro atoms. The summed E-state index contributed by atoms with van der Waals surface area (Å²) in [6.07, 6.45) is 6.98. The summed E-state index contributed by atoms with van der Waals surface area (Å²) >= 11 is 1.56. The maximum atomic E-state index is 12.3. The maximum Gasteiger partial charge on any atom is 0.261 e. The van der Waals surface area contributed by atoms with Crippen LogP contribution in [0.4, 0.5) is 5.69 Å². The predicted molar refractivity (Wildman–Crippen MR) is 96.1 cm³/mol. The summed E-state index contributed by atoms with van der Waals surface area (Å²) in [4.78, 5) is 30.7. The van der Waals surface area contributed by atoms with E-state index in [2.05, 4.69) is 20.4 Å². The summed E-state index contributed by atoms with van der Waals surface area (Å²) in [6, 6.07) is 1.98. The molecule has 2 aliphatic rings. The number of H-pyrrole nitrogens is 1. The number of rotatable bonds is 4. The zero-order valence-corrected chi connectivity index (χ0v) is 14.8. The molecule has 1 saturated heterocycles. The highest BCUT2D eigenvalue weighted by Crippen LogP contribution is 2.30. The summed E-state index contributed by atoms with van der Waals surface area (Å²) in [5.74, 6) is -0.158. The molecule has 0 aromatic carbocycles. The number of amides is 2. The number of anilines is 1. The van der Waals surface area contributed by atoms with Crippen molar-refractivity contribution in [3.05, 3.63) is 33.8 Å². The normalized spacial score (nSPS) is 16.8. The van der Waals surface area contributed by atoms with Crippen molar-refractivity contribution in [2.75, 3.05) is 37.6 Å². The molecule has 0 atom stereocenters. The summed E-state index contributed by atoms with van der Waals surface area (Å²) < 4.78 is 0. The van der Waals surface area contributed by atoms with Crippen LogP contribution in [0.2, 0.25) is 0 Å². The molecular weight excluding hydrogens is 338 g/mol. The quantitative estimate of drug-likeness (QED) is 0.855. The van der Waals surface area contributed by atoms with Gasteiger partial charge in [0, 0.05) is 37.3 Å². The van der Waals surface area contributed by atoms with Crippen LogP contribution in [0.3, 0.4) is 0 Å². The average Bonchev–Trinajstić information content (AvgIpc) is 3.36. The standard InChI is InChI=1S/C17H21N5O2S/c23-16(22-6-4-21(5-7-22)13-9-19-20-10-13)11-18-17(24)15-8-12-2-1-3-14(12)25-15/h8-10H,1-7,11H2,(H,18,24)(H,19,20). The van der Waals surface area contributed by atoms with Gasteiger partial charge in [0.1, 0.15) is 0 Å². The van der Waals surface area contributed by atoms with Gasteiger partial charge in [-0.2, -0.15) is 5.10 Å². The molecule has 1 aliphatic carbocycles. The fourth-order valence-corrected chi connectivity index (χ4v) is 4.60. The SMILES string of the molecule is O=C(NCC(=O)N1CCN(c2cn[nH]c2)CC1)c1cc2c(s1)CCC2. The van der Waals surface area contributed by atoms with Crippen molar-refractivity contribution < 1.29 is 9.59 Å². The minimum Gasteiger partial charge on any atom is -0.365 e. The van der Waals surface area contributed by atoms with Crippen molar-refractivity contribution in [2.45, 2.75) is 19.3 Å². The van der Waals surface area contributed by atoms with E-state index < -0.39 is 0 Å². The van der Waals surface area contributed by atoms with Gasteiger partial charge in [-0.1, -0.05) is 0 Å². The highest BCUT2D eigenvalue weighted by Gasteiger charge is 2.23. The number of fused-ring (bicyclic) bond motifs is 1. The van der Waals surface area contributed by atoms with E-state index in [0.717, 1.165) is 36.5 Å². The lowest BCUT2D eigenvalue weighted by molar-refractivity contribution is -0.130. The summed E-state index contributed by atoms with van der Waals surface area (Å²) in [6.45, 7) is 2.93. The molecule has 2 N–H and O–H groups in total. The van der Waals surface area contributed by atoms with E-state index in [0.29, 0.717) is 13.1 Å². The van der Waals surface area contributed by atoms with Gasteiger partial charge in [0.25, 0.3) is 5.91 Å². The Morgan fingerprint density at radius 3 is 2.80 bits per heavy atom. The lowest BCUT2D eigenvalue weighted by Crippen LogP contribution is -2.51. The topological polar surface area (TPSA) is 81.3 Å². The highest BCUT2D eigenvalue weighted by atomic mass is 32.1. The molecule has 0 unspecified atom stereocenters. The third-order valence-corrected chi connectivity index (χ3v) is 6.09. The van der Waals surface area contributed by atoms with Crippen LogP contribution >= 0.6 is 11.3 Å². The summed E-state index contributed by atoms with van der Waals surface area (Å²) in [5.41, 5.74) is 2.35. The third-order valence-electron chi connectivity index (χ3n) is 4.85. The number of thiophene rings is 1. The first kappa shape index (κ1) is 16.1. The van der Waals surface area contributed by atoms with Crippen LogP contribution in [0, 0.1) is 0 Å². The molecule has 2 aromatic heterocycles. The monoisotopic (exact) mass is 359 g/mol. The van der Waals surface area contributed by atoms with E-state index in [1.165, 1.54) is 16.9 Å². The Hall–Kier alpha value is -2.35. The number of nitrogens with one attached hydrogen (secondary N) is 2. The zero-order valence-electron chi connectivity index (χ0n) is 14.0. The van der Waals surface area contributed by atoms with Crippen LogP contribution in [0.1, 0.15) is 26.5 Å². The second-order valence-electron chi connectivity index (χ2n) is 6.42. The van der Waals surface area contributed by atoms with Crippen molar-refractivity contribution in [1.82, 2.24) is 20.4 Å². The van der Waals surface area contributed by atoms with Crippen molar-refractivity contribution >= 4 is 28.8 Å². The van der Waals surface area contributed by atoms with Crippen molar-refractivity contribution in [3.63, 3.8) is 0 Å². The molecule has 2 aromatic rings. The molecule has 0 saturated carbocycles. The van der Waals surface area contributed by atoms with Gasteiger partial charge in [-0.25, -0.2) is 0 Å². The molecule has 1 fully saturated rings. The number of hydrogen-bond acceptors (Lipinski definition) is 5. The lowest BCUT2D eigenvalue weighted by atomic mass is 10.2. The van der Waals surface area contributed by atoms with Crippen LogP contribution in [-0.4, -0.2) is 59.6 Å². The first-order chi connectivity index (χ1) is 12.2.